The van der Waals surface area contributed by atoms with Crippen molar-refractivity contribution in [3.8, 4) is 0 Å². The first-order valence-electron chi connectivity index (χ1n) is 5.67. The molecule has 0 aliphatic carbocycles. The lowest BCUT2D eigenvalue weighted by molar-refractivity contribution is -0.146. The average molecular weight is 271 g/mol. The van der Waals surface area contributed by atoms with E-state index in [9.17, 15) is 13.2 Å². The Morgan fingerprint density at radius 2 is 1.89 bits per heavy atom. The van der Waals surface area contributed by atoms with Crippen molar-refractivity contribution in [2.45, 2.75) is 25.1 Å². The van der Waals surface area contributed by atoms with Crippen molar-refractivity contribution in [2.24, 2.45) is 5.73 Å². The maximum absolute atomic E-state index is 12.3. The molecule has 102 valence electrons. The Hall–Kier alpha value is -1.89. The molecule has 0 fully saturated rings. The highest BCUT2D eigenvalue weighted by Crippen LogP contribution is 2.27. The van der Waals surface area contributed by atoms with Crippen molar-refractivity contribution in [1.82, 2.24) is 10.1 Å². The van der Waals surface area contributed by atoms with Gasteiger partial charge in [-0.15, -0.1) is 0 Å². The van der Waals surface area contributed by atoms with Crippen LogP contribution in [0.1, 0.15) is 29.7 Å². The second kappa shape index (κ2) is 5.40. The van der Waals surface area contributed by atoms with Crippen molar-refractivity contribution in [3.63, 3.8) is 0 Å². The first-order valence-corrected chi connectivity index (χ1v) is 5.67. The SMILES string of the molecule is NC(CCc1ccccc1)c1nc(C(F)(F)F)no1. The molecule has 2 N–H and O–H groups in total. The van der Waals surface area contributed by atoms with Gasteiger partial charge in [0, 0.05) is 0 Å². The van der Waals surface area contributed by atoms with Crippen molar-refractivity contribution < 1.29 is 17.7 Å². The van der Waals surface area contributed by atoms with Gasteiger partial charge in [0.1, 0.15) is 0 Å². The van der Waals surface area contributed by atoms with Gasteiger partial charge in [0.15, 0.2) is 0 Å². The minimum atomic E-state index is -4.61. The Bertz CT molecular complexity index is 525. The first-order chi connectivity index (χ1) is 8.97. The molecule has 1 heterocycles. The molecule has 2 rings (SSSR count). The van der Waals surface area contributed by atoms with Crippen LogP contribution in [0.2, 0.25) is 0 Å². The fourth-order valence-electron chi connectivity index (χ4n) is 1.59. The molecular formula is C12H12F3N3O. The molecule has 1 unspecified atom stereocenters. The minimum absolute atomic E-state index is 0.191. The quantitative estimate of drug-likeness (QED) is 0.928. The number of rotatable bonds is 4. The molecule has 7 heteroatoms. The number of aromatic nitrogens is 2. The molecule has 0 radical (unpaired) electrons. The second-order valence-electron chi connectivity index (χ2n) is 4.08. The van der Waals surface area contributed by atoms with Crippen molar-refractivity contribution >= 4 is 0 Å². The smallest absolute Gasteiger partial charge is 0.337 e. The van der Waals surface area contributed by atoms with Gasteiger partial charge in [-0.3, -0.25) is 0 Å². The molecule has 1 aromatic heterocycles. The molecule has 0 aliphatic heterocycles. The monoisotopic (exact) mass is 271 g/mol. The summed E-state index contributed by atoms with van der Waals surface area (Å²) in [5.41, 5.74) is 6.79. The molecule has 0 bridgehead atoms. The number of aryl methyl sites for hydroxylation is 1. The molecule has 19 heavy (non-hydrogen) atoms. The van der Waals surface area contributed by atoms with Gasteiger partial charge in [-0.2, -0.15) is 18.2 Å². The van der Waals surface area contributed by atoms with Gasteiger partial charge in [-0.1, -0.05) is 35.5 Å². The summed E-state index contributed by atoms with van der Waals surface area (Å²) < 4.78 is 41.4. The van der Waals surface area contributed by atoms with Gasteiger partial charge in [-0.05, 0) is 18.4 Å². The summed E-state index contributed by atoms with van der Waals surface area (Å²) in [5.74, 6) is -1.49. The van der Waals surface area contributed by atoms with Crippen molar-refractivity contribution in [2.75, 3.05) is 0 Å². The number of nitrogens with two attached hydrogens (primary N) is 1. The van der Waals surface area contributed by atoms with E-state index in [2.05, 4.69) is 14.7 Å². The number of alkyl halides is 3. The zero-order chi connectivity index (χ0) is 13.9. The van der Waals surface area contributed by atoms with Crippen LogP contribution in [0, 0.1) is 0 Å². The summed E-state index contributed by atoms with van der Waals surface area (Å²) in [7, 11) is 0. The Balaban J connectivity index is 1.97. The molecule has 0 aliphatic rings. The first kappa shape index (κ1) is 13.5. The van der Waals surface area contributed by atoms with Crippen LogP contribution in [0.5, 0.6) is 0 Å². The van der Waals surface area contributed by atoms with Gasteiger partial charge in [0.05, 0.1) is 6.04 Å². The van der Waals surface area contributed by atoms with Crippen LogP contribution in [0.15, 0.2) is 34.9 Å². The van der Waals surface area contributed by atoms with Gasteiger partial charge in [0.25, 0.3) is 5.82 Å². The van der Waals surface area contributed by atoms with Gasteiger partial charge >= 0.3 is 6.18 Å². The molecule has 2 aromatic rings. The van der Waals surface area contributed by atoms with Crippen LogP contribution >= 0.6 is 0 Å². The Kier molecular flexibility index (Phi) is 3.84. The number of nitrogens with zero attached hydrogens (tertiary/aromatic N) is 2. The standard InChI is InChI=1S/C12H12F3N3O/c13-12(14,15)11-17-10(19-18-11)9(16)7-6-8-4-2-1-3-5-8/h1-5,9H,6-7,16H2. The third kappa shape index (κ3) is 3.54. The normalized spacial score (nSPS) is 13.5. The highest BCUT2D eigenvalue weighted by atomic mass is 19.4. The van der Waals surface area contributed by atoms with E-state index in [0.29, 0.717) is 12.8 Å². The summed E-state index contributed by atoms with van der Waals surface area (Å²) in [4.78, 5) is 3.27. The van der Waals surface area contributed by atoms with E-state index in [1.54, 1.807) is 0 Å². The maximum atomic E-state index is 12.3. The maximum Gasteiger partial charge on any atom is 0.455 e. The van der Waals surface area contributed by atoms with E-state index in [1.807, 2.05) is 30.3 Å². The lowest BCUT2D eigenvalue weighted by Crippen LogP contribution is -2.13. The summed E-state index contributed by atoms with van der Waals surface area (Å²) in [6.45, 7) is 0. The number of hydrogen-bond donors (Lipinski definition) is 1. The third-order valence-corrected chi connectivity index (χ3v) is 2.60. The molecule has 0 spiro atoms. The second-order valence-corrected chi connectivity index (χ2v) is 4.08. The van der Waals surface area contributed by atoms with E-state index in [-0.39, 0.29) is 5.89 Å². The van der Waals surface area contributed by atoms with E-state index < -0.39 is 18.0 Å². The summed E-state index contributed by atoms with van der Waals surface area (Å²) >= 11 is 0. The molecule has 4 nitrogen and oxygen atoms in total. The number of hydrogen-bond acceptors (Lipinski definition) is 4. The van der Waals surface area contributed by atoms with Crippen molar-refractivity contribution in [1.29, 1.82) is 0 Å². The molecular weight excluding hydrogens is 259 g/mol. The Labute approximate surface area is 107 Å². The fourth-order valence-corrected chi connectivity index (χ4v) is 1.59. The van der Waals surface area contributed by atoms with E-state index in [4.69, 9.17) is 5.73 Å². The number of halogens is 3. The highest BCUT2D eigenvalue weighted by molar-refractivity contribution is 5.15. The van der Waals surface area contributed by atoms with Crippen LogP contribution in [0.4, 0.5) is 13.2 Å². The predicted octanol–water partition coefficient (Wildman–Crippen LogP) is 2.72. The lowest BCUT2D eigenvalue weighted by atomic mass is 10.1. The van der Waals surface area contributed by atoms with Gasteiger partial charge in [0.2, 0.25) is 5.89 Å². The van der Waals surface area contributed by atoms with Crippen LogP contribution in [-0.2, 0) is 12.6 Å². The largest absolute Gasteiger partial charge is 0.455 e. The summed E-state index contributed by atoms with van der Waals surface area (Å²) in [6.07, 6.45) is -3.55. The van der Waals surface area contributed by atoms with Crippen LogP contribution < -0.4 is 5.73 Å². The molecule has 0 saturated carbocycles. The molecule has 1 atom stereocenters. The number of benzene rings is 1. The van der Waals surface area contributed by atoms with Crippen LogP contribution in [0.25, 0.3) is 0 Å². The van der Waals surface area contributed by atoms with Gasteiger partial charge < -0.3 is 10.3 Å². The Morgan fingerprint density at radius 1 is 1.21 bits per heavy atom. The lowest BCUT2D eigenvalue weighted by Gasteiger charge is -2.06. The van der Waals surface area contributed by atoms with E-state index in [1.165, 1.54) is 0 Å². The van der Waals surface area contributed by atoms with E-state index in [0.717, 1.165) is 5.56 Å². The summed E-state index contributed by atoms with van der Waals surface area (Å²) in [6, 6.07) is 8.79. The molecule has 1 aromatic carbocycles. The summed E-state index contributed by atoms with van der Waals surface area (Å²) in [5, 5.41) is 2.87. The zero-order valence-electron chi connectivity index (χ0n) is 9.89. The fraction of sp³-hybridized carbons (Fsp3) is 0.333. The zero-order valence-corrected chi connectivity index (χ0v) is 9.89. The minimum Gasteiger partial charge on any atom is -0.337 e. The topological polar surface area (TPSA) is 64.9 Å². The van der Waals surface area contributed by atoms with Gasteiger partial charge in [-0.25, -0.2) is 0 Å². The molecule has 0 saturated heterocycles. The third-order valence-electron chi connectivity index (χ3n) is 2.60. The van der Waals surface area contributed by atoms with Crippen LogP contribution in [-0.4, -0.2) is 10.1 Å². The predicted molar refractivity (Wildman–Crippen MR) is 61.0 cm³/mol. The van der Waals surface area contributed by atoms with Crippen LogP contribution in [0.3, 0.4) is 0 Å². The van der Waals surface area contributed by atoms with E-state index >= 15 is 0 Å². The van der Waals surface area contributed by atoms with Crippen molar-refractivity contribution in [3.05, 3.63) is 47.6 Å². The average Bonchev–Trinajstić information content (AvgIpc) is 2.87. The molecule has 0 amide bonds. The highest BCUT2D eigenvalue weighted by Gasteiger charge is 2.37. The Morgan fingerprint density at radius 3 is 2.47 bits per heavy atom.